The fourth-order valence-corrected chi connectivity index (χ4v) is 2.95. The number of benzene rings is 1. The number of hydrogen-bond donors (Lipinski definition) is 2. The summed E-state index contributed by atoms with van der Waals surface area (Å²) in [6.45, 7) is 3.13. The Kier molecular flexibility index (Phi) is 5.00. The largest absolute Gasteiger partial charge is 0.494 e. The van der Waals surface area contributed by atoms with Crippen molar-refractivity contribution in [1.29, 1.82) is 0 Å². The van der Waals surface area contributed by atoms with Crippen molar-refractivity contribution in [2.24, 2.45) is 0 Å². The lowest BCUT2D eigenvalue weighted by Crippen LogP contribution is -2.40. The average molecular weight is 281 g/mol. The first kappa shape index (κ1) is 15.3. The van der Waals surface area contributed by atoms with E-state index in [1.54, 1.807) is 18.2 Å². The van der Waals surface area contributed by atoms with Crippen LogP contribution in [0.15, 0.2) is 18.2 Å². The molecule has 2 rings (SSSR count). The highest BCUT2D eigenvalue weighted by Crippen LogP contribution is 2.40. The van der Waals surface area contributed by atoms with Gasteiger partial charge in [-0.05, 0) is 44.7 Å². The lowest BCUT2D eigenvalue weighted by Gasteiger charge is -2.37. The van der Waals surface area contributed by atoms with Crippen LogP contribution < -0.4 is 10.1 Å². The molecule has 0 aliphatic heterocycles. The number of nitrogens with one attached hydrogen (secondary N) is 1. The normalized spacial score (nSPS) is 26.5. The molecule has 1 aliphatic rings. The summed E-state index contributed by atoms with van der Waals surface area (Å²) in [6, 6.07) is 5.41. The zero-order chi connectivity index (χ0) is 14.6. The van der Waals surface area contributed by atoms with Crippen LogP contribution in [0.1, 0.15) is 44.6 Å². The van der Waals surface area contributed by atoms with Crippen molar-refractivity contribution in [1.82, 2.24) is 5.32 Å². The maximum absolute atomic E-state index is 14.3. The van der Waals surface area contributed by atoms with Crippen molar-refractivity contribution in [3.8, 4) is 5.75 Å². The third-order valence-electron chi connectivity index (χ3n) is 4.18. The quantitative estimate of drug-likeness (QED) is 0.872. The molecular formula is C16H24FNO2. The Balaban J connectivity index is 2.10. The minimum atomic E-state index is -1.07. The molecule has 1 aromatic rings. The number of methoxy groups -OCH3 is 1. The molecule has 112 valence electrons. The smallest absolute Gasteiger partial charge is 0.171 e. The molecule has 0 radical (unpaired) electrons. The highest BCUT2D eigenvalue weighted by Gasteiger charge is 2.37. The molecule has 20 heavy (non-hydrogen) atoms. The summed E-state index contributed by atoms with van der Waals surface area (Å²) in [6.07, 6.45) is 4.00. The van der Waals surface area contributed by atoms with Crippen LogP contribution in [0.4, 0.5) is 4.39 Å². The molecule has 0 spiro atoms. The fourth-order valence-electron chi connectivity index (χ4n) is 2.95. The van der Waals surface area contributed by atoms with Crippen LogP contribution in [0.25, 0.3) is 0 Å². The van der Waals surface area contributed by atoms with Crippen molar-refractivity contribution >= 4 is 0 Å². The Hall–Kier alpha value is -1.13. The van der Waals surface area contributed by atoms with E-state index in [4.69, 9.17) is 4.74 Å². The predicted molar refractivity (Wildman–Crippen MR) is 77.4 cm³/mol. The van der Waals surface area contributed by atoms with E-state index >= 15 is 0 Å². The zero-order valence-electron chi connectivity index (χ0n) is 12.3. The molecule has 0 heterocycles. The standard InChI is InChI=1S/C16H24FNO2/c1-3-11-18-12-7-9-16(19,10-8-12)13-5-4-6-14(20-2)15(13)17/h4-6,12,18-19H,3,7-11H2,1-2H3. The van der Waals surface area contributed by atoms with E-state index in [0.717, 1.165) is 25.8 Å². The Bertz CT molecular complexity index is 442. The summed E-state index contributed by atoms with van der Waals surface area (Å²) in [4.78, 5) is 0. The van der Waals surface area contributed by atoms with E-state index in [2.05, 4.69) is 12.2 Å². The molecule has 1 aliphatic carbocycles. The van der Waals surface area contributed by atoms with Crippen molar-refractivity contribution in [2.45, 2.75) is 50.7 Å². The van der Waals surface area contributed by atoms with Gasteiger partial charge in [0.25, 0.3) is 0 Å². The van der Waals surface area contributed by atoms with E-state index in [-0.39, 0.29) is 5.75 Å². The molecule has 4 heteroatoms. The fraction of sp³-hybridized carbons (Fsp3) is 0.625. The summed E-state index contributed by atoms with van der Waals surface area (Å²) < 4.78 is 19.3. The van der Waals surface area contributed by atoms with E-state index in [0.29, 0.717) is 24.4 Å². The van der Waals surface area contributed by atoms with Crippen molar-refractivity contribution in [2.75, 3.05) is 13.7 Å². The molecule has 0 aromatic heterocycles. The molecule has 1 saturated carbocycles. The van der Waals surface area contributed by atoms with Crippen molar-refractivity contribution in [3.05, 3.63) is 29.6 Å². The number of aliphatic hydroxyl groups is 1. The third kappa shape index (κ3) is 3.13. The number of rotatable bonds is 5. The molecular weight excluding hydrogens is 257 g/mol. The van der Waals surface area contributed by atoms with E-state index < -0.39 is 11.4 Å². The van der Waals surface area contributed by atoms with Crippen LogP contribution in [0.3, 0.4) is 0 Å². The van der Waals surface area contributed by atoms with Gasteiger partial charge in [0.05, 0.1) is 12.7 Å². The van der Waals surface area contributed by atoms with Crippen LogP contribution in [0.5, 0.6) is 5.75 Å². The number of halogens is 1. The van der Waals surface area contributed by atoms with Gasteiger partial charge in [0.2, 0.25) is 0 Å². The van der Waals surface area contributed by atoms with Crippen molar-refractivity contribution in [3.63, 3.8) is 0 Å². The summed E-state index contributed by atoms with van der Waals surface area (Å²) in [5, 5.41) is 14.2. The second kappa shape index (κ2) is 6.55. The van der Waals surface area contributed by atoms with E-state index in [1.165, 1.54) is 7.11 Å². The summed E-state index contributed by atoms with van der Waals surface area (Å²) in [5.41, 5.74) is -0.700. The Morgan fingerprint density at radius 3 is 2.70 bits per heavy atom. The molecule has 0 amide bonds. The van der Waals surface area contributed by atoms with Crippen LogP contribution in [-0.2, 0) is 5.60 Å². The lowest BCUT2D eigenvalue weighted by atomic mass is 9.77. The van der Waals surface area contributed by atoms with E-state index in [1.807, 2.05) is 0 Å². The monoisotopic (exact) mass is 281 g/mol. The third-order valence-corrected chi connectivity index (χ3v) is 4.18. The predicted octanol–water partition coefficient (Wildman–Crippen LogP) is 2.96. The van der Waals surface area contributed by atoms with Gasteiger partial charge in [0.1, 0.15) is 0 Å². The van der Waals surface area contributed by atoms with Crippen molar-refractivity contribution < 1.29 is 14.2 Å². The molecule has 3 nitrogen and oxygen atoms in total. The second-order valence-corrected chi connectivity index (χ2v) is 5.58. The minimum absolute atomic E-state index is 0.196. The van der Waals surface area contributed by atoms with Crippen LogP contribution >= 0.6 is 0 Å². The van der Waals surface area contributed by atoms with Gasteiger partial charge in [-0.25, -0.2) is 4.39 Å². The zero-order valence-corrected chi connectivity index (χ0v) is 12.3. The summed E-state index contributed by atoms with van der Waals surface area (Å²) in [5.74, 6) is -0.236. The van der Waals surface area contributed by atoms with Crippen LogP contribution in [0.2, 0.25) is 0 Å². The highest BCUT2D eigenvalue weighted by molar-refractivity contribution is 5.35. The molecule has 0 bridgehead atoms. The molecule has 0 unspecified atom stereocenters. The molecule has 1 fully saturated rings. The Morgan fingerprint density at radius 2 is 2.10 bits per heavy atom. The maximum Gasteiger partial charge on any atom is 0.171 e. The van der Waals surface area contributed by atoms with Gasteiger partial charge in [-0.1, -0.05) is 19.1 Å². The van der Waals surface area contributed by atoms with Gasteiger partial charge in [0.15, 0.2) is 11.6 Å². The highest BCUT2D eigenvalue weighted by atomic mass is 19.1. The first-order valence-corrected chi connectivity index (χ1v) is 7.39. The lowest BCUT2D eigenvalue weighted by molar-refractivity contribution is -0.0115. The van der Waals surface area contributed by atoms with E-state index in [9.17, 15) is 9.50 Å². The first-order valence-electron chi connectivity index (χ1n) is 7.39. The van der Waals surface area contributed by atoms with Crippen LogP contribution in [0, 0.1) is 5.82 Å². The first-order chi connectivity index (χ1) is 9.60. The maximum atomic E-state index is 14.3. The number of hydrogen-bond acceptors (Lipinski definition) is 3. The van der Waals surface area contributed by atoms with Gasteiger partial charge in [-0.15, -0.1) is 0 Å². The summed E-state index contributed by atoms with van der Waals surface area (Å²) >= 11 is 0. The molecule has 2 N–H and O–H groups in total. The second-order valence-electron chi connectivity index (χ2n) is 5.58. The van der Waals surface area contributed by atoms with Gasteiger partial charge < -0.3 is 15.2 Å². The summed E-state index contributed by atoms with van der Waals surface area (Å²) in [7, 11) is 1.44. The van der Waals surface area contributed by atoms with Crippen LogP contribution in [-0.4, -0.2) is 24.8 Å². The minimum Gasteiger partial charge on any atom is -0.494 e. The molecule has 0 saturated heterocycles. The molecule has 0 atom stereocenters. The van der Waals surface area contributed by atoms with Gasteiger partial charge in [0, 0.05) is 11.6 Å². The Morgan fingerprint density at radius 1 is 1.40 bits per heavy atom. The SMILES string of the molecule is CCCNC1CCC(O)(c2cccc(OC)c2F)CC1. The average Bonchev–Trinajstić information content (AvgIpc) is 2.47. The van der Waals surface area contributed by atoms with Gasteiger partial charge in [-0.2, -0.15) is 0 Å². The van der Waals surface area contributed by atoms with Gasteiger partial charge >= 0.3 is 0 Å². The molecule has 1 aromatic carbocycles. The number of ether oxygens (including phenoxy) is 1. The Labute approximate surface area is 120 Å². The van der Waals surface area contributed by atoms with Gasteiger partial charge in [-0.3, -0.25) is 0 Å². The topological polar surface area (TPSA) is 41.5 Å².